The van der Waals surface area contributed by atoms with Crippen LogP contribution in [0.1, 0.15) is 5.69 Å². The van der Waals surface area contributed by atoms with Gasteiger partial charge in [-0.3, -0.25) is 10.1 Å². The zero-order valence-electron chi connectivity index (χ0n) is 7.70. The van der Waals surface area contributed by atoms with E-state index >= 15 is 0 Å². The maximum absolute atomic E-state index is 4.21. The van der Waals surface area contributed by atoms with E-state index in [4.69, 9.17) is 0 Å². The fourth-order valence-electron chi connectivity index (χ4n) is 1.39. The highest BCUT2D eigenvalue weighted by atomic mass is 15.1. The number of aromatic amines is 1. The Bertz CT molecular complexity index is 497. The largest absolute Gasteiger partial charge is 0.286 e. The van der Waals surface area contributed by atoms with Gasteiger partial charge in [0.2, 0.25) is 0 Å². The summed E-state index contributed by atoms with van der Waals surface area (Å²) in [4.78, 5) is 4.17. The van der Waals surface area contributed by atoms with Gasteiger partial charge in [-0.25, -0.2) is 0 Å². The van der Waals surface area contributed by atoms with Crippen molar-refractivity contribution < 1.29 is 0 Å². The van der Waals surface area contributed by atoms with Crippen LogP contribution in [0.25, 0.3) is 10.9 Å². The highest BCUT2D eigenvalue weighted by Crippen LogP contribution is 2.08. The van der Waals surface area contributed by atoms with Crippen LogP contribution >= 0.6 is 0 Å². The normalized spacial score (nSPS) is 12.3. The molecular formula is C10H11N3. The Morgan fingerprint density at radius 1 is 1.31 bits per heavy atom. The van der Waals surface area contributed by atoms with Crippen LogP contribution in [-0.4, -0.2) is 17.2 Å². The first kappa shape index (κ1) is 7.98. The van der Waals surface area contributed by atoms with Crippen molar-refractivity contribution in [3.05, 3.63) is 35.3 Å². The van der Waals surface area contributed by atoms with Gasteiger partial charge >= 0.3 is 0 Å². The minimum Gasteiger partial charge on any atom is -0.286 e. The maximum Gasteiger partial charge on any atom is 0.117 e. The van der Waals surface area contributed by atoms with E-state index in [2.05, 4.69) is 15.2 Å². The molecule has 0 radical (unpaired) electrons. The van der Waals surface area contributed by atoms with Crippen LogP contribution in [0, 0.1) is 6.92 Å². The molecule has 0 aliphatic heterocycles. The molecule has 0 aliphatic rings. The summed E-state index contributed by atoms with van der Waals surface area (Å²) in [6.07, 6.45) is 0. The van der Waals surface area contributed by atoms with E-state index in [1.54, 1.807) is 7.05 Å². The smallest absolute Gasteiger partial charge is 0.117 e. The van der Waals surface area contributed by atoms with Gasteiger partial charge in [0.1, 0.15) is 5.52 Å². The maximum atomic E-state index is 4.21. The van der Waals surface area contributed by atoms with E-state index in [1.807, 2.05) is 31.2 Å². The second kappa shape index (κ2) is 3.01. The van der Waals surface area contributed by atoms with Crippen molar-refractivity contribution in [3.8, 4) is 0 Å². The summed E-state index contributed by atoms with van der Waals surface area (Å²) in [6.45, 7) is 2.01. The Labute approximate surface area is 76.1 Å². The lowest BCUT2D eigenvalue weighted by molar-refractivity contribution is 1.06. The summed E-state index contributed by atoms with van der Waals surface area (Å²) in [6, 6.07) is 7.98. The third-order valence-electron chi connectivity index (χ3n) is 2.11. The standard InChI is InChI=1S/C10H11N3/c1-7-8-5-3-4-6-9(11-2)10(8)13-12-7/h3-6H,1-2H3,(H,12,13). The molecule has 1 aromatic heterocycles. The number of aryl methyl sites for hydroxylation is 1. The van der Waals surface area contributed by atoms with Gasteiger partial charge in [0, 0.05) is 18.1 Å². The molecule has 0 spiro atoms. The van der Waals surface area contributed by atoms with E-state index < -0.39 is 0 Å². The van der Waals surface area contributed by atoms with Crippen LogP contribution in [0.15, 0.2) is 29.3 Å². The molecule has 0 saturated carbocycles. The third-order valence-corrected chi connectivity index (χ3v) is 2.11. The summed E-state index contributed by atoms with van der Waals surface area (Å²) < 4.78 is 0. The van der Waals surface area contributed by atoms with E-state index in [-0.39, 0.29) is 0 Å². The number of nitrogens with zero attached hydrogens (tertiary/aromatic N) is 2. The number of hydrogen-bond acceptors (Lipinski definition) is 2. The van der Waals surface area contributed by atoms with Crippen molar-refractivity contribution in [2.45, 2.75) is 6.92 Å². The SMILES string of the molecule is CN=c1ccccc2c(C)[nH]nc12. The summed E-state index contributed by atoms with van der Waals surface area (Å²) in [5, 5.41) is 9.22. The second-order valence-corrected chi connectivity index (χ2v) is 2.94. The number of fused-ring (bicyclic) bond motifs is 1. The Morgan fingerprint density at radius 2 is 2.08 bits per heavy atom. The average Bonchev–Trinajstić information content (AvgIpc) is 2.39. The molecule has 0 unspecified atom stereocenters. The minimum absolute atomic E-state index is 0.921. The van der Waals surface area contributed by atoms with E-state index in [0.717, 1.165) is 22.0 Å². The first-order valence-electron chi connectivity index (χ1n) is 4.20. The Kier molecular flexibility index (Phi) is 1.85. The van der Waals surface area contributed by atoms with Crippen LogP contribution in [0.2, 0.25) is 0 Å². The Balaban J connectivity index is 3.05. The predicted molar refractivity (Wildman–Crippen MR) is 52.3 cm³/mol. The summed E-state index contributed by atoms with van der Waals surface area (Å²) in [5.41, 5.74) is 2.01. The molecule has 13 heavy (non-hydrogen) atoms. The summed E-state index contributed by atoms with van der Waals surface area (Å²) >= 11 is 0. The summed E-state index contributed by atoms with van der Waals surface area (Å²) in [5.74, 6) is 0. The number of nitrogens with one attached hydrogen (secondary N) is 1. The van der Waals surface area contributed by atoms with Crippen molar-refractivity contribution in [1.82, 2.24) is 10.2 Å². The second-order valence-electron chi connectivity index (χ2n) is 2.94. The quantitative estimate of drug-likeness (QED) is 0.642. The molecule has 0 atom stereocenters. The van der Waals surface area contributed by atoms with Crippen LogP contribution in [0.4, 0.5) is 0 Å². The van der Waals surface area contributed by atoms with Gasteiger partial charge in [0.15, 0.2) is 0 Å². The number of hydrogen-bond donors (Lipinski definition) is 1. The minimum atomic E-state index is 0.921. The topological polar surface area (TPSA) is 41.0 Å². The van der Waals surface area contributed by atoms with Crippen LogP contribution in [0.5, 0.6) is 0 Å². The molecule has 0 fully saturated rings. The molecule has 0 amide bonds. The molecule has 1 N–H and O–H groups in total. The lowest BCUT2D eigenvalue weighted by atomic mass is 10.3. The van der Waals surface area contributed by atoms with Gasteiger partial charge in [0.25, 0.3) is 0 Å². The highest BCUT2D eigenvalue weighted by molar-refractivity contribution is 5.79. The summed E-state index contributed by atoms with van der Waals surface area (Å²) in [7, 11) is 1.78. The molecule has 2 aromatic rings. The first-order valence-corrected chi connectivity index (χ1v) is 4.20. The van der Waals surface area contributed by atoms with Crippen LogP contribution in [-0.2, 0) is 0 Å². The zero-order chi connectivity index (χ0) is 9.26. The van der Waals surface area contributed by atoms with Crippen molar-refractivity contribution in [1.29, 1.82) is 0 Å². The molecule has 0 saturated heterocycles. The highest BCUT2D eigenvalue weighted by Gasteiger charge is 1.99. The number of rotatable bonds is 0. The molecule has 3 nitrogen and oxygen atoms in total. The van der Waals surface area contributed by atoms with Gasteiger partial charge in [-0.1, -0.05) is 18.2 Å². The molecule has 2 rings (SSSR count). The zero-order valence-corrected chi connectivity index (χ0v) is 7.70. The van der Waals surface area contributed by atoms with Gasteiger partial charge in [-0.05, 0) is 13.0 Å². The van der Waals surface area contributed by atoms with Crippen molar-refractivity contribution in [3.63, 3.8) is 0 Å². The average molecular weight is 173 g/mol. The number of aromatic nitrogens is 2. The van der Waals surface area contributed by atoms with Gasteiger partial charge in [0.05, 0.1) is 5.36 Å². The van der Waals surface area contributed by atoms with Gasteiger partial charge in [-0.2, -0.15) is 5.10 Å². The molecule has 0 bridgehead atoms. The van der Waals surface area contributed by atoms with Gasteiger partial charge < -0.3 is 0 Å². The van der Waals surface area contributed by atoms with Gasteiger partial charge in [-0.15, -0.1) is 0 Å². The van der Waals surface area contributed by atoms with Crippen LogP contribution < -0.4 is 5.36 Å². The molecule has 0 aliphatic carbocycles. The van der Waals surface area contributed by atoms with E-state index in [1.165, 1.54) is 0 Å². The molecule has 1 aromatic carbocycles. The lowest BCUT2D eigenvalue weighted by Gasteiger charge is -1.80. The van der Waals surface area contributed by atoms with Crippen molar-refractivity contribution in [2.75, 3.05) is 7.05 Å². The molecule has 3 heteroatoms. The van der Waals surface area contributed by atoms with Crippen LogP contribution in [0.3, 0.4) is 0 Å². The predicted octanol–water partition coefficient (Wildman–Crippen LogP) is 1.40. The monoisotopic (exact) mass is 173 g/mol. The number of H-pyrrole nitrogens is 1. The molecule has 1 heterocycles. The molecule has 66 valence electrons. The Morgan fingerprint density at radius 3 is 2.85 bits per heavy atom. The van der Waals surface area contributed by atoms with Crippen molar-refractivity contribution in [2.24, 2.45) is 4.99 Å². The third kappa shape index (κ3) is 1.22. The van der Waals surface area contributed by atoms with E-state index in [0.29, 0.717) is 0 Å². The fraction of sp³-hybridized carbons (Fsp3) is 0.200. The lowest BCUT2D eigenvalue weighted by Crippen LogP contribution is -1.98. The van der Waals surface area contributed by atoms with Crippen molar-refractivity contribution >= 4 is 10.9 Å². The fourth-order valence-corrected chi connectivity index (χ4v) is 1.39. The molecular weight excluding hydrogens is 162 g/mol. The first-order chi connectivity index (χ1) is 6.33. The Hall–Kier alpha value is -1.64. The van der Waals surface area contributed by atoms with E-state index in [9.17, 15) is 0 Å².